The van der Waals surface area contributed by atoms with E-state index in [0.717, 1.165) is 34.0 Å². The van der Waals surface area contributed by atoms with Crippen molar-refractivity contribution in [2.45, 2.75) is 43.9 Å². The standard InChI is InChI=1S/C21H22N2O2S/c24-15-1-2-16(18(25)6-15)17-11-26-20-22-19(10-23(17)20)21-7-12-3-13(8-21)5-14(4-12)9-21/h1-2,6,10-14,24-25H,3-5,7-9H2. The van der Waals surface area contributed by atoms with Crippen LogP contribution in [-0.4, -0.2) is 19.6 Å². The van der Waals surface area contributed by atoms with Gasteiger partial charge in [0.05, 0.1) is 11.4 Å². The zero-order valence-corrected chi connectivity index (χ0v) is 15.4. The number of phenolic OH excluding ortho intramolecular Hbond substituents is 2. The van der Waals surface area contributed by atoms with Gasteiger partial charge in [0.15, 0.2) is 4.96 Å². The topological polar surface area (TPSA) is 57.8 Å². The van der Waals surface area contributed by atoms with Crippen LogP contribution in [0, 0.1) is 17.8 Å². The lowest BCUT2D eigenvalue weighted by Crippen LogP contribution is -2.48. The number of hydrogen-bond donors (Lipinski definition) is 2. The Morgan fingerprint density at radius 3 is 2.38 bits per heavy atom. The quantitative estimate of drug-likeness (QED) is 0.675. The second-order valence-electron chi connectivity index (χ2n) is 8.80. The molecule has 0 spiro atoms. The van der Waals surface area contributed by atoms with Crippen molar-refractivity contribution in [2.75, 3.05) is 0 Å². The highest BCUT2D eigenvalue weighted by Crippen LogP contribution is 2.60. The molecule has 26 heavy (non-hydrogen) atoms. The van der Waals surface area contributed by atoms with Crippen molar-refractivity contribution < 1.29 is 10.2 Å². The van der Waals surface area contributed by atoms with E-state index in [9.17, 15) is 10.2 Å². The summed E-state index contributed by atoms with van der Waals surface area (Å²) in [5, 5.41) is 21.9. The summed E-state index contributed by atoms with van der Waals surface area (Å²) < 4.78 is 2.13. The molecule has 4 fully saturated rings. The largest absolute Gasteiger partial charge is 0.508 e. The molecule has 4 aliphatic carbocycles. The number of benzene rings is 1. The summed E-state index contributed by atoms with van der Waals surface area (Å²) in [6.07, 6.45) is 10.5. The summed E-state index contributed by atoms with van der Waals surface area (Å²) in [6, 6.07) is 4.79. The molecule has 4 nitrogen and oxygen atoms in total. The van der Waals surface area contributed by atoms with Gasteiger partial charge in [-0.15, -0.1) is 11.3 Å². The number of fused-ring (bicyclic) bond motifs is 1. The molecule has 2 heterocycles. The summed E-state index contributed by atoms with van der Waals surface area (Å²) in [5.41, 5.74) is 3.24. The number of hydrogen-bond acceptors (Lipinski definition) is 4. The van der Waals surface area contributed by atoms with Crippen molar-refractivity contribution in [3.05, 3.63) is 35.5 Å². The molecule has 0 unspecified atom stereocenters. The van der Waals surface area contributed by atoms with Crippen molar-refractivity contribution >= 4 is 16.3 Å². The van der Waals surface area contributed by atoms with Gasteiger partial charge in [-0.3, -0.25) is 4.40 Å². The SMILES string of the molecule is Oc1ccc(-c2csc3nc(C45CC6CC(CC(C6)C4)C5)cn23)c(O)c1. The van der Waals surface area contributed by atoms with Gasteiger partial charge in [0, 0.05) is 28.6 Å². The highest BCUT2D eigenvalue weighted by atomic mass is 32.1. The third-order valence-corrected chi connectivity index (χ3v) is 7.89. The molecule has 7 rings (SSSR count). The van der Waals surface area contributed by atoms with Crippen LogP contribution in [0.5, 0.6) is 11.5 Å². The molecule has 2 aromatic heterocycles. The van der Waals surface area contributed by atoms with E-state index in [2.05, 4.69) is 10.6 Å². The van der Waals surface area contributed by atoms with Crippen LogP contribution in [0.1, 0.15) is 44.2 Å². The van der Waals surface area contributed by atoms with Crippen molar-refractivity contribution in [1.82, 2.24) is 9.38 Å². The maximum absolute atomic E-state index is 10.3. The Morgan fingerprint density at radius 2 is 1.73 bits per heavy atom. The minimum absolute atomic E-state index is 0.0811. The fourth-order valence-corrected chi connectivity index (χ4v) is 7.27. The number of aromatic hydroxyl groups is 2. The van der Waals surface area contributed by atoms with E-state index in [1.165, 1.54) is 50.3 Å². The average Bonchev–Trinajstić information content (AvgIpc) is 3.15. The van der Waals surface area contributed by atoms with E-state index in [4.69, 9.17) is 4.98 Å². The van der Waals surface area contributed by atoms with Gasteiger partial charge < -0.3 is 10.2 Å². The Kier molecular flexibility index (Phi) is 2.92. The average molecular weight is 366 g/mol. The van der Waals surface area contributed by atoms with Gasteiger partial charge in [-0.05, 0) is 68.4 Å². The number of phenols is 2. The normalized spacial score (nSPS) is 32.5. The van der Waals surface area contributed by atoms with E-state index in [1.807, 2.05) is 5.38 Å². The Morgan fingerprint density at radius 1 is 1.04 bits per heavy atom. The third kappa shape index (κ3) is 2.04. The Balaban J connectivity index is 1.46. The second kappa shape index (κ2) is 5.03. The Hall–Kier alpha value is -2.01. The predicted molar refractivity (Wildman–Crippen MR) is 102 cm³/mol. The number of aromatic nitrogens is 2. The van der Waals surface area contributed by atoms with E-state index >= 15 is 0 Å². The summed E-state index contributed by atoms with van der Waals surface area (Å²) in [6.45, 7) is 0. The first-order valence-electron chi connectivity index (χ1n) is 9.59. The molecule has 3 aromatic rings. The molecular formula is C21H22N2O2S. The van der Waals surface area contributed by atoms with Crippen LogP contribution in [0.15, 0.2) is 29.8 Å². The van der Waals surface area contributed by atoms with Gasteiger partial charge in [0.1, 0.15) is 11.5 Å². The number of nitrogens with zero attached hydrogens (tertiary/aromatic N) is 2. The predicted octanol–water partition coefficient (Wildman–Crippen LogP) is 4.94. The molecule has 4 bridgehead atoms. The zero-order chi connectivity index (χ0) is 17.5. The second-order valence-corrected chi connectivity index (χ2v) is 9.64. The molecule has 0 saturated heterocycles. The van der Waals surface area contributed by atoms with Gasteiger partial charge >= 0.3 is 0 Å². The summed E-state index contributed by atoms with van der Waals surface area (Å²) in [7, 11) is 0. The lowest BCUT2D eigenvalue weighted by molar-refractivity contribution is -0.00696. The molecule has 1 aromatic carbocycles. The summed E-state index contributed by atoms with van der Waals surface area (Å²) in [4.78, 5) is 6.04. The molecule has 5 heteroatoms. The van der Waals surface area contributed by atoms with E-state index < -0.39 is 0 Å². The molecule has 0 atom stereocenters. The maximum Gasteiger partial charge on any atom is 0.194 e. The lowest BCUT2D eigenvalue weighted by Gasteiger charge is -2.56. The van der Waals surface area contributed by atoms with Crippen LogP contribution in [0.25, 0.3) is 16.2 Å². The van der Waals surface area contributed by atoms with Gasteiger partial charge in [0.2, 0.25) is 0 Å². The van der Waals surface area contributed by atoms with Gasteiger partial charge in [-0.1, -0.05) is 0 Å². The first-order chi connectivity index (χ1) is 12.6. The molecule has 0 amide bonds. The fourth-order valence-electron chi connectivity index (χ4n) is 6.39. The van der Waals surface area contributed by atoms with Crippen LogP contribution >= 0.6 is 11.3 Å². The maximum atomic E-state index is 10.3. The lowest BCUT2D eigenvalue weighted by atomic mass is 9.49. The zero-order valence-electron chi connectivity index (χ0n) is 14.6. The molecule has 0 aliphatic heterocycles. The van der Waals surface area contributed by atoms with Crippen LogP contribution in [0.4, 0.5) is 0 Å². The minimum Gasteiger partial charge on any atom is -0.508 e. The third-order valence-electron chi connectivity index (χ3n) is 7.05. The smallest absolute Gasteiger partial charge is 0.194 e. The number of imidazole rings is 1. The number of rotatable bonds is 2. The Bertz CT molecular complexity index is 983. The molecule has 134 valence electrons. The summed E-state index contributed by atoms with van der Waals surface area (Å²) >= 11 is 1.62. The first kappa shape index (κ1) is 15.1. The van der Waals surface area contributed by atoms with Gasteiger partial charge in [-0.2, -0.15) is 0 Å². The number of thiazole rings is 1. The molecular weight excluding hydrogens is 344 g/mol. The van der Waals surface area contributed by atoms with Crippen molar-refractivity contribution in [1.29, 1.82) is 0 Å². The molecule has 4 aliphatic rings. The van der Waals surface area contributed by atoms with Crippen LogP contribution in [0.3, 0.4) is 0 Å². The fraction of sp³-hybridized carbons (Fsp3) is 0.476. The molecule has 4 saturated carbocycles. The van der Waals surface area contributed by atoms with E-state index in [0.29, 0.717) is 0 Å². The first-order valence-corrected chi connectivity index (χ1v) is 10.5. The van der Waals surface area contributed by atoms with Crippen molar-refractivity contribution in [3.8, 4) is 22.8 Å². The van der Waals surface area contributed by atoms with Gasteiger partial charge in [0.25, 0.3) is 0 Å². The molecule has 0 radical (unpaired) electrons. The Labute approximate surface area is 156 Å². The van der Waals surface area contributed by atoms with Crippen molar-refractivity contribution in [3.63, 3.8) is 0 Å². The van der Waals surface area contributed by atoms with Crippen LogP contribution in [0.2, 0.25) is 0 Å². The summed E-state index contributed by atoms with van der Waals surface area (Å²) in [5.74, 6) is 2.90. The van der Waals surface area contributed by atoms with Crippen LogP contribution in [-0.2, 0) is 5.41 Å². The van der Waals surface area contributed by atoms with Gasteiger partial charge in [-0.25, -0.2) is 4.98 Å². The monoisotopic (exact) mass is 366 g/mol. The highest BCUT2D eigenvalue weighted by molar-refractivity contribution is 7.15. The van der Waals surface area contributed by atoms with Crippen LogP contribution < -0.4 is 0 Å². The molecule has 2 N–H and O–H groups in total. The van der Waals surface area contributed by atoms with Crippen molar-refractivity contribution in [2.24, 2.45) is 17.8 Å². The van der Waals surface area contributed by atoms with E-state index in [-0.39, 0.29) is 16.9 Å². The minimum atomic E-state index is 0.0811. The van der Waals surface area contributed by atoms with E-state index in [1.54, 1.807) is 23.5 Å². The highest BCUT2D eigenvalue weighted by Gasteiger charge is 2.52.